The summed E-state index contributed by atoms with van der Waals surface area (Å²) >= 11 is 0. The molecule has 1 heteroatoms. The van der Waals surface area contributed by atoms with E-state index in [0.717, 1.165) is 17.9 Å². The van der Waals surface area contributed by atoms with E-state index in [-0.39, 0.29) is 0 Å². The van der Waals surface area contributed by atoms with E-state index in [1.165, 1.54) is 32.4 Å². The van der Waals surface area contributed by atoms with Crippen LogP contribution in [0.5, 0.6) is 0 Å². The molecule has 0 aromatic carbocycles. The van der Waals surface area contributed by atoms with E-state index in [4.69, 9.17) is 0 Å². The van der Waals surface area contributed by atoms with E-state index in [2.05, 4.69) is 32.6 Å². The molecule has 0 amide bonds. The van der Waals surface area contributed by atoms with Crippen LogP contribution in [0.15, 0.2) is 0 Å². The van der Waals surface area contributed by atoms with Crippen molar-refractivity contribution in [1.29, 1.82) is 0 Å². The summed E-state index contributed by atoms with van der Waals surface area (Å²) < 4.78 is 0. The Bertz CT molecular complexity index is 200. The van der Waals surface area contributed by atoms with E-state index >= 15 is 0 Å². The number of rotatable bonds is 1. The lowest BCUT2D eigenvalue weighted by atomic mass is 9.70. The average Bonchev–Trinajstić information content (AvgIpc) is 2.85. The minimum absolute atomic E-state index is 0.493. The van der Waals surface area contributed by atoms with E-state index in [0.29, 0.717) is 5.41 Å². The van der Waals surface area contributed by atoms with Gasteiger partial charge in [0.05, 0.1) is 0 Å². The van der Waals surface area contributed by atoms with E-state index in [9.17, 15) is 0 Å². The third-order valence-corrected chi connectivity index (χ3v) is 4.17. The molecule has 2 rings (SSSR count). The molecular weight excluding hydrogens is 170 g/mol. The van der Waals surface area contributed by atoms with Gasteiger partial charge in [0.25, 0.3) is 0 Å². The molecule has 14 heavy (non-hydrogen) atoms. The highest BCUT2D eigenvalue weighted by Gasteiger charge is 2.39. The van der Waals surface area contributed by atoms with Gasteiger partial charge in [-0.2, -0.15) is 0 Å². The summed E-state index contributed by atoms with van der Waals surface area (Å²) in [6.07, 6.45) is 4.34. The summed E-state index contributed by atoms with van der Waals surface area (Å²) in [5.41, 5.74) is 0.493. The SMILES string of the molecule is CC1CCN(C2CC2)CC1C(C)(C)C. The second-order valence-corrected chi connectivity index (χ2v) is 6.46. The van der Waals surface area contributed by atoms with Gasteiger partial charge in [0.1, 0.15) is 0 Å². The fraction of sp³-hybridized carbons (Fsp3) is 1.00. The fourth-order valence-electron chi connectivity index (χ4n) is 2.99. The molecule has 1 aliphatic carbocycles. The maximum atomic E-state index is 2.75. The zero-order valence-electron chi connectivity index (χ0n) is 10.2. The number of piperidine rings is 1. The number of hydrogen-bond donors (Lipinski definition) is 0. The molecule has 0 radical (unpaired) electrons. The van der Waals surface area contributed by atoms with E-state index in [1.54, 1.807) is 0 Å². The summed E-state index contributed by atoms with van der Waals surface area (Å²) in [4.78, 5) is 2.75. The van der Waals surface area contributed by atoms with Gasteiger partial charge < -0.3 is 4.90 Å². The van der Waals surface area contributed by atoms with Crippen molar-refractivity contribution in [3.05, 3.63) is 0 Å². The van der Waals surface area contributed by atoms with Crippen molar-refractivity contribution < 1.29 is 0 Å². The van der Waals surface area contributed by atoms with Gasteiger partial charge in [0, 0.05) is 12.6 Å². The summed E-state index contributed by atoms with van der Waals surface area (Å²) in [5.74, 6) is 1.82. The quantitative estimate of drug-likeness (QED) is 0.621. The zero-order valence-corrected chi connectivity index (χ0v) is 10.2. The van der Waals surface area contributed by atoms with Crippen molar-refractivity contribution in [2.75, 3.05) is 13.1 Å². The van der Waals surface area contributed by atoms with Crippen LogP contribution in [-0.4, -0.2) is 24.0 Å². The van der Waals surface area contributed by atoms with Crippen LogP contribution in [0, 0.1) is 17.3 Å². The van der Waals surface area contributed by atoms with Gasteiger partial charge in [0.2, 0.25) is 0 Å². The summed E-state index contributed by atoms with van der Waals surface area (Å²) in [6, 6.07) is 0.965. The standard InChI is InChI=1S/C13H25N/c1-10-7-8-14(11-5-6-11)9-12(10)13(2,3)4/h10-12H,5-9H2,1-4H3. The van der Waals surface area contributed by atoms with Crippen LogP contribution >= 0.6 is 0 Å². The molecule has 1 heterocycles. The van der Waals surface area contributed by atoms with Gasteiger partial charge in [-0.05, 0) is 43.1 Å². The molecule has 0 aromatic heterocycles. The molecule has 0 spiro atoms. The first-order valence-corrected chi connectivity index (χ1v) is 6.22. The molecule has 2 aliphatic rings. The third-order valence-electron chi connectivity index (χ3n) is 4.17. The lowest BCUT2D eigenvalue weighted by Gasteiger charge is -2.44. The van der Waals surface area contributed by atoms with Gasteiger partial charge >= 0.3 is 0 Å². The predicted molar refractivity (Wildman–Crippen MR) is 61.3 cm³/mol. The highest BCUT2D eigenvalue weighted by molar-refractivity contribution is 4.92. The minimum atomic E-state index is 0.493. The summed E-state index contributed by atoms with van der Waals surface area (Å²) in [6.45, 7) is 12.4. The van der Waals surface area contributed by atoms with Gasteiger partial charge in [0.15, 0.2) is 0 Å². The van der Waals surface area contributed by atoms with Crippen LogP contribution in [-0.2, 0) is 0 Å². The Morgan fingerprint density at radius 1 is 1.07 bits per heavy atom. The van der Waals surface area contributed by atoms with Crippen LogP contribution in [0.1, 0.15) is 47.0 Å². The van der Waals surface area contributed by atoms with E-state index < -0.39 is 0 Å². The maximum absolute atomic E-state index is 2.75. The monoisotopic (exact) mass is 195 g/mol. The highest BCUT2D eigenvalue weighted by Crippen LogP contribution is 2.40. The van der Waals surface area contributed by atoms with Crippen LogP contribution in [0.25, 0.3) is 0 Å². The van der Waals surface area contributed by atoms with Crippen LogP contribution in [0.3, 0.4) is 0 Å². The molecule has 82 valence electrons. The smallest absolute Gasteiger partial charge is 0.00965 e. The first-order valence-electron chi connectivity index (χ1n) is 6.22. The second-order valence-electron chi connectivity index (χ2n) is 6.46. The molecule has 2 fully saturated rings. The van der Waals surface area contributed by atoms with Crippen molar-refractivity contribution in [1.82, 2.24) is 4.90 Å². The summed E-state index contributed by atoms with van der Waals surface area (Å²) in [7, 11) is 0. The highest BCUT2D eigenvalue weighted by atomic mass is 15.2. The van der Waals surface area contributed by atoms with Crippen molar-refractivity contribution in [3.8, 4) is 0 Å². The summed E-state index contributed by atoms with van der Waals surface area (Å²) in [5, 5.41) is 0. The van der Waals surface area contributed by atoms with E-state index in [1.807, 2.05) is 0 Å². The molecular formula is C13H25N. The van der Waals surface area contributed by atoms with Crippen molar-refractivity contribution in [3.63, 3.8) is 0 Å². The lowest BCUT2D eigenvalue weighted by molar-refractivity contribution is 0.0498. The van der Waals surface area contributed by atoms with Crippen molar-refractivity contribution in [2.45, 2.75) is 53.0 Å². The Morgan fingerprint density at radius 2 is 1.71 bits per heavy atom. The lowest BCUT2D eigenvalue weighted by Crippen LogP contribution is -2.45. The normalized spacial score (nSPS) is 36.0. The van der Waals surface area contributed by atoms with Gasteiger partial charge in [-0.25, -0.2) is 0 Å². The number of hydrogen-bond acceptors (Lipinski definition) is 1. The van der Waals surface area contributed by atoms with Gasteiger partial charge in [-0.1, -0.05) is 27.7 Å². The number of nitrogens with zero attached hydrogens (tertiary/aromatic N) is 1. The molecule has 2 atom stereocenters. The van der Waals surface area contributed by atoms with Crippen molar-refractivity contribution >= 4 is 0 Å². The largest absolute Gasteiger partial charge is 0.300 e. The zero-order chi connectivity index (χ0) is 10.3. The van der Waals surface area contributed by atoms with Crippen molar-refractivity contribution in [2.24, 2.45) is 17.3 Å². The molecule has 1 saturated heterocycles. The number of likely N-dealkylation sites (tertiary alicyclic amines) is 1. The molecule has 1 aliphatic heterocycles. The Labute approximate surface area is 88.9 Å². The van der Waals surface area contributed by atoms with Gasteiger partial charge in [-0.15, -0.1) is 0 Å². The first-order chi connectivity index (χ1) is 6.48. The minimum Gasteiger partial charge on any atom is -0.300 e. The maximum Gasteiger partial charge on any atom is 0.00965 e. The van der Waals surface area contributed by atoms with Crippen LogP contribution in [0.4, 0.5) is 0 Å². The van der Waals surface area contributed by atoms with Crippen LogP contribution in [0.2, 0.25) is 0 Å². The second kappa shape index (κ2) is 3.52. The molecule has 1 saturated carbocycles. The third kappa shape index (κ3) is 2.13. The topological polar surface area (TPSA) is 3.24 Å². The Hall–Kier alpha value is -0.0400. The Balaban J connectivity index is 1.99. The molecule has 2 unspecified atom stereocenters. The fourth-order valence-corrected chi connectivity index (χ4v) is 2.99. The average molecular weight is 195 g/mol. The Morgan fingerprint density at radius 3 is 2.21 bits per heavy atom. The molecule has 0 bridgehead atoms. The molecule has 0 N–H and O–H groups in total. The predicted octanol–water partition coefficient (Wildman–Crippen LogP) is 3.15. The van der Waals surface area contributed by atoms with Crippen LogP contribution < -0.4 is 0 Å². The van der Waals surface area contributed by atoms with Gasteiger partial charge in [-0.3, -0.25) is 0 Å². The first kappa shape index (κ1) is 10.5. The molecule has 0 aromatic rings. The molecule has 1 nitrogen and oxygen atoms in total. The Kier molecular flexibility index (Phi) is 2.63.